The standard InChI is InChI=1S/C23H42O2/c1-2-3-4-5-6-7-8-9-10-11-12-13-14-15-16-17-18-19-20-21-22-23(24)25/h5-6,16-17H,2-4,7-15,18-22H2,1H3,(H,24,25)/b6-5+,17-16+. The van der Waals surface area contributed by atoms with Crippen molar-refractivity contribution in [2.45, 2.75) is 116 Å². The van der Waals surface area contributed by atoms with Gasteiger partial charge in [-0.3, -0.25) is 4.79 Å². The van der Waals surface area contributed by atoms with Crippen LogP contribution in [-0.2, 0) is 4.79 Å². The van der Waals surface area contributed by atoms with Gasteiger partial charge in [-0.15, -0.1) is 0 Å². The smallest absolute Gasteiger partial charge is 0.303 e. The highest BCUT2D eigenvalue weighted by atomic mass is 16.4. The van der Waals surface area contributed by atoms with Crippen LogP contribution in [0.25, 0.3) is 0 Å². The van der Waals surface area contributed by atoms with Gasteiger partial charge in [-0.25, -0.2) is 0 Å². The minimum Gasteiger partial charge on any atom is -0.481 e. The highest BCUT2D eigenvalue weighted by Crippen LogP contribution is 2.11. The molecule has 0 aliphatic heterocycles. The Morgan fingerprint density at radius 3 is 1.36 bits per heavy atom. The van der Waals surface area contributed by atoms with Crippen molar-refractivity contribution in [3.05, 3.63) is 24.3 Å². The zero-order chi connectivity index (χ0) is 18.4. The number of rotatable bonds is 19. The van der Waals surface area contributed by atoms with Crippen LogP contribution in [0.1, 0.15) is 116 Å². The maximum atomic E-state index is 10.4. The molecule has 2 heteroatoms. The van der Waals surface area contributed by atoms with Gasteiger partial charge in [-0.05, 0) is 51.4 Å². The molecule has 0 amide bonds. The number of carbonyl (C=O) groups is 1. The predicted octanol–water partition coefficient (Wildman–Crippen LogP) is 7.84. The molecule has 25 heavy (non-hydrogen) atoms. The fraction of sp³-hybridized carbons (Fsp3) is 0.783. The zero-order valence-electron chi connectivity index (χ0n) is 16.7. The molecule has 146 valence electrons. The van der Waals surface area contributed by atoms with Crippen LogP contribution in [0.15, 0.2) is 24.3 Å². The Bertz CT molecular complexity index is 331. The van der Waals surface area contributed by atoms with E-state index in [9.17, 15) is 4.79 Å². The SMILES string of the molecule is CCCC/C=C/CCCCCCCCC/C=C/CCCCCC(=O)O. The summed E-state index contributed by atoms with van der Waals surface area (Å²) in [6.07, 6.45) is 29.7. The van der Waals surface area contributed by atoms with Crippen molar-refractivity contribution in [1.82, 2.24) is 0 Å². The summed E-state index contributed by atoms with van der Waals surface area (Å²) in [7, 11) is 0. The normalized spacial score (nSPS) is 11.7. The molecule has 0 aromatic rings. The molecule has 2 nitrogen and oxygen atoms in total. The van der Waals surface area contributed by atoms with Crippen molar-refractivity contribution in [3.8, 4) is 0 Å². The van der Waals surface area contributed by atoms with E-state index in [-0.39, 0.29) is 0 Å². The van der Waals surface area contributed by atoms with Gasteiger partial charge in [0.2, 0.25) is 0 Å². The van der Waals surface area contributed by atoms with Crippen LogP contribution in [0.3, 0.4) is 0 Å². The molecular formula is C23H42O2. The van der Waals surface area contributed by atoms with E-state index in [1.165, 1.54) is 77.0 Å². The summed E-state index contributed by atoms with van der Waals surface area (Å²) in [4.78, 5) is 10.4. The van der Waals surface area contributed by atoms with Gasteiger partial charge < -0.3 is 5.11 Å². The van der Waals surface area contributed by atoms with E-state index in [1.807, 2.05) is 0 Å². The summed E-state index contributed by atoms with van der Waals surface area (Å²) in [6.45, 7) is 2.25. The van der Waals surface area contributed by atoms with Crippen LogP contribution >= 0.6 is 0 Å². The number of hydrogen-bond acceptors (Lipinski definition) is 1. The molecule has 0 bridgehead atoms. The molecule has 0 radical (unpaired) electrons. The van der Waals surface area contributed by atoms with E-state index in [1.54, 1.807) is 0 Å². The minimum absolute atomic E-state index is 0.319. The Balaban J connectivity index is 3.12. The molecule has 0 rings (SSSR count). The summed E-state index contributed by atoms with van der Waals surface area (Å²) >= 11 is 0. The van der Waals surface area contributed by atoms with Crippen molar-refractivity contribution in [2.75, 3.05) is 0 Å². The fourth-order valence-corrected chi connectivity index (χ4v) is 2.92. The third kappa shape index (κ3) is 22.9. The number of hydrogen-bond donors (Lipinski definition) is 1. The Labute approximate surface area is 156 Å². The van der Waals surface area contributed by atoms with Crippen LogP contribution in [0.5, 0.6) is 0 Å². The summed E-state index contributed by atoms with van der Waals surface area (Å²) < 4.78 is 0. The molecule has 0 unspecified atom stereocenters. The molecule has 0 saturated heterocycles. The molecule has 0 spiro atoms. The Morgan fingerprint density at radius 1 is 0.600 bits per heavy atom. The van der Waals surface area contributed by atoms with Crippen LogP contribution < -0.4 is 0 Å². The maximum absolute atomic E-state index is 10.4. The number of carboxylic acids is 1. The monoisotopic (exact) mass is 350 g/mol. The summed E-state index contributed by atoms with van der Waals surface area (Å²) in [5.41, 5.74) is 0. The van der Waals surface area contributed by atoms with Crippen molar-refractivity contribution in [3.63, 3.8) is 0 Å². The molecule has 0 saturated carbocycles. The van der Waals surface area contributed by atoms with Gasteiger partial charge in [-0.2, -0.15) is 0 Å². The summed E-state index contributed by atoms with van der Waals surface area (Å²) in [5.74, 6) is -0.671. The molecule has 0 fully saturated rings. The van der Waals surface area contributed by atoms with Crippen LogP contribution in [0, 0.1) is 0 Å². The molecule has 0 aromatic carbocycles. The molecule has 0 heterocycles. The highest BCUT2D eigenvalue weighted by Gasteiger charge is 1.95. The Hall–Kier alpha value is -1.05. The molecule has 0 aliphatic carbocycles. The molecule has 1 N–H and O–H groups in total. The van der Waals surface area contributed by atoms with Gasteiger partial charge in [0.1, 0.15) is 0 Å². The number of unbranched alkanes of at least 4 members (excludes halogenated alkanes) is 13. The minimum atomic E-state index is -0.671. The van der Waals surface area contributed by atoms with Gasteiger partial charge >= 0.3 is 5.97 Å². The fourth-order valence-electron chi connectivity index (χ4n) is 2.92. The third-order valence-electron chi connectivity index (χ3n) is 4.56. The van der Waals surface area contributed by atoms with Gasteiger partial charge in [0.05, 0.1) is 0 Å². The van der Waals surface area contributed by atoms with Gasteiger partial charge in [-0.1, -0.05) is 82.6 Å². The van der Waals surface area contributed by atoms with Gasteiger partial charge in [0, 0.05) is 6.42 Å². The number of carboxylic acid groups (broad SMARTS) is 1. The lowest BCUT2D eigenvalue weighted by atomic mass is 10.1. The summed E-state index contributed by atoms with van der Waals surface area (Å²) in [6, 6.07) is 0. The van der Waals surface area contributed by atoms with Crippen LogP contribution in [-0.4, -0.2) is 11.1 Å². The number of aliphatic carboxylic acids is 1. The van der Waals surface area contributed by atoms with Crippen molar-refractivity contribution in [2.24, 2.45) is 0 Å². The molecule has 0 atom stereocenters. The van der Waals surface area contributed by atoms with E-state index in [0.29, 0.717) is 6.42 Å². The first-order chi connectivity index (χ1) is 12.3. The molecule has 0 aliphatic rings. The van der Waals surface area contributed by atoms with E-state index in [0.717, 1.165) is 25.7 Å². The second kappa shape index (κ2) is 21.0. The highest BCUT2D eigenvalue weighted by molar-refractivity contribution is 5.66. The van der Waals surface area contributed by atoms with Crippen LogP contribution in [0.4, 0.5) is 0 Å². The average molecular weight is 351 g/mol. The first-order valence-electron chi connectivity index (χ1n) is 10.8. The largest absolute Gasteiger partial charge is 0.481 e. The van der Waals surface area contributed by atoms with Gasteiger partial charge in [0.15, 0.2) is 0 Å². The second-order valence-corrected chi connectivity index (χ2v) is 7.13. The third-order valence-corrected chi connectivity index (χ3v) is 4.56. The van der Waals surface area contributed by atoms with E-state index >= 15 is 0 Å². The van der Waals surface area contributed by atoms with Crippen molar-refractivity contribution >= 4 is 5.97 Å². The van der Waals surface area contributed by atoms with Crippen molar-refractivity contribution in [1.29, 1.82) is 0 Å². The van der Waals surface area contributed by atoms with E-state index in [2.05, 4.69) is 31.2 Å². The first kappa shape index (κ1) is 23.9. The Morgan fingerprint density at radius 2 is 0.960 bits per heavy atom. The number of allylic oxidation sites excluding steroid dienone is 4. The predicted molar refractivity (Wildman–Crippen MR) is 110 cm³/mol. The first-order valence-corrected chi connectivity index (χ1v) is 10.8. The Kier molecular flexibility index (Phi) is 20.1. The van der Waals surface area contributed by atoms with E-state index in [4.69, 9.17) is 5.11 Å². The lowest BCUT2D eigenvalue weighted by Gasteiger charge is -2.00. The van der Waals surface area contributed by atoms with Crippen molar-refractivity contribution < 1.29 is 9.90 Å². The molecule has 0 aromatic heterocycles. The topological polar surface area (TPSA) is 37.3 Å². The maximum Gasteiger partial charge on any atom is 0.303 e. The van der Waals surface area contributed by atoms with Gasteiger partial charge in [0.25, 0.3) is 0 Å². The lowest BCUT2D eigenvalue weighted by Crippen LogP contribution is -1.93. The average Bonchev–Trinajstić information content (AvgIpc) is 2.60. The molecular weight excluding hydrogens is 308 g/mol. The van der Waals surface area contributed by atoms with Crippen LogP contribution in [0.2, 0.25) is 0 Å². The quantitative estimate of drug-likeness (QED) is 0.190. The van der Waals surface area contributed by atoms with E-state index < -0.39 is 5.97 Å². The zero-order valence-corrected chi connectivity index (χ0v) is 16.7. The lowest BCUT2D eigenvalue weighted by molar-refractivity contribution is -0.137. The summed E-state index contributed by atoms with van der Waals surface area (Å²) in [5, 5.41) is 8.55. The second-order valence-electron chi connectivity index (χ2n) is 7.13.